The smallest absolute Gasteiger partial charge is 0.149 e. The van der Waals surface area contributed by atoms with Crippen molar-refractivity contribution in [2.24, 2.45) is 0 Å². The van der Waals surface area contributed by atoms with Gasteiger partial charge in [0.1, 0.15) is 35.2 Å². The van der Waals surface area contributed by atoms with Crippen molar-refractivity contribution in [3.8, 4) is 83.6 Å². The van der Waals surface area contributed by atoms with Crippen molar-refractivity contribution < 1.29 is 18.9 Å². The number of rotatable bonds is 30. The highest BCUT2D eigenvalue weighted by molar-refractivity contribution is 6.09. The maximum atomic E-state index is 6.97. The van der Waals surface area contributed by atoms with Gasteiger partial charge in [0.2, 0.25) is 0 Å². The molecule has 8 aromatic rings. The first-order chi connectivity index (χ1) is 45.5. The average Bonchev–Trinajstić information content (AvgIpc) is 0.668. The topological polar surface area (TPSA) is 36.9 Å². The van der Waals surface area contributed by atoms with E-state index in [1.54, 1.807) is 0 Å². The molecular formula is C88H90O4. The van der Waals surface area contributed by atoms with E-state index >= 15 is 0 Å². The lowest BCUT2D eigenvalue weighted by molar-refractivity contribution is 0.294. The van der Waals surface area contributed by atoms with Gasteiger partial charge in [0.05, 0.1) is 18.8 Å². The van der Waals surface area contributed by atoms with E-state index in [1.165, 1.54) is 190 Å². The Labute approximate surface area is 550 Å². The Bertz CT molecular complexity index is 4230. The van der Waals surface area contributed by atoms with E-state index in [0.717, 1.165) is 97.4 Å². The SMILES string of the molecule is C#CC#COc1c2c(c(OC#CC#C)c3c1C1c4ccccc4C3c3cc4c(C#Cc5cc(OCCCCCCCCCCCCCC)c(C)cc5OCCCCCCCCCCCCCC)c5ccccc5c(C)c4cc31)C1c3ccccc3C2c2ccccc21. The van der Waals surface area contributed by atoms with E-state index in [0.29, 0.717) is 13.2 Å². The van der Waals surface area contributed by atoms with Gasteiger partial charge in [-0.15, -0.1) is 12.8 Å². The fourth-order valence-corrected chi connectivity index (χ4v) is 15.9. The molecular weight excluding hydrogens is 1120 g/mol. The van der Waals surface area contributed by atoms with Crippen LogP contribution in [0.3, 0.4) is 0 Å². The number of benzene rings is 8. The van der Waals surface area contributed by atoms with Crippen LogP contribution in [0.1, 0.15) is 281 Å². The third kappa shape index (κ3) is 13.1. The largest absolute Gasteiger partial charge is 0.493 e. The summed E-state index contributed by atoms with van der Waals surface area (Å²) in [5.74, 6) is 20.6. The molecule has 0 aliphatic heterocycles. The molecule has 0 N–H and O–H groups in total. The number of unbranched alkanes of at least 4 members (excludes halogenated alkanes) is 22. The zero-order valence-corrected chi connectivity index (χ0v) is 55.0. The first-order valence-corrected chi connectivity index (χ1v) is 35.1. The van der Waals surface area contributed by atoms with Crippen LogP contribution in [0.4, 0.5) is 0 Å². The number of hydrogen-bond acceptors (Lipinski definition) is 4. The molecule has 0 saturated heterocycles. The van der Waals surface area contributed by atoms with Crippen LogP contribution >= 0.6 is 0 Å². The Morgan fingerprint density at radius 3 is 1.13 bits per heavy atom. The van der Waals surface area contributed by atoms with E-state index in [2.05, 4.69) is 197 Å². The maximum absolute atomic E-state index is 6.97. The number of ether oxygens (including phenoxy) is 4. The van der Waals surface area contributed by atoms with Crippen LogP contribution in [0.25, 0.3) is 21.5 Å². The first kappa shape index (κ1) is 63.4. The summed E-state index contributed by atoms with van der Waals surface area (Å²) in [6, 6.07) is 44.5. The zero-order valence-electron chi connectivity index (χ0n) is 55.0. The van der Waals surface area contributed by atoms with Crippen molar-refractivity contribution in [1.82, 2.24) is 0 Å². The molecule has 466 valence electrons. The number of fused-ring (bicyclic) bond motifs is 2. The maximum Gasteiger partial charge on any atom is 0.149 e. The van der Waals surface area contributed by atoms with Crippen molar-refractivity contribution in [2.45, 2.75) is 205 Å². The van der Waals surface area contributed by atoms with Crippen molar-refractivity contribution in [3.05, 3.63) is 210 Å². The Hall–Kier alpha value is -8.72. The molecule has 8 aromatic carbocycles. The minimum Gasteiger partial charge on any atom is -0.493 e. The molecule has 4 bridgehead atoms. The summed E-state index contributed by atoms with van der Waals surface area (Å²) in [5.41, 5.74) is 18.0. The normalized spacial score (nSPS) is 15.4. The van der Waals surface area contributed by atoms with Crippen molar-refractivity contribution >= 4 is 21.5 Å². The third-order valence-corrected chi connectivity index (χ3v) is 20.3. The fourth-order valence-electron chi connectivity index (χ4n) is 15.9. The quantitative estimate of drug-likeness (QED) is 0.0255. The number of aryl methyl sites for hydroxylation is 2. The van der Waals surface area contributed by atoms with Gasteiger partial charge < -0.3 is 18.9 Å². The van der Waals surface area contributed by atoms with Gasteiger partial charge in [0.15, 0.2) is 0 Å². The summed E-state index contributed by atoms with van der Waals surface area (Å²) in [6.45, 7) is 10.3. The average molecular weight is 1210 g/mol. The zero-order chi connectivity index (χ0) is 63.2. The van der Waals surface area contributed by atoms with E-state index in [9.17, 15) is 0 Å². The molecule has 0 heterocycles. The summed E-state index contributed by atoms with van der Waals surface area (Å²) in [6.07, 6.45) is 49.0. The molecule has 4 nitrogen and oxygen atoms in total. The summed E-state index contributed by atoms with van der Waals surface area (Å²) in [4.78, 5) is 0. The van der Waals surface area contributed by atoms with Gasteiger partial charge in [-0.2, -0.15) is 0 Å². The highest BCUT2D eigenvalue weighted by atomic mass is 16.5. The molecule has 0 radical (unpaired) electrons. The lowest BCUT2D eigenvalue weighted by Crippen LogP contribution is -2.33. The van der Waals surface area contributed by atoms with Crippen molar-refractivity contribution in [1.29, 1.82) is 0 Å². The molecule has 4 heteroatoms. The molecule has 2 atom stereocenters. The molecule has 0 aromatic heterocycles. The second-order valence-corrected chi connectivity index (χ2v) is 26.3. The Morgan fingerprint density at radius 1 is 0.359 bits per heavy atom. The van der Waals surface area contributed by atoms with Gasteiger partial charge in [0.25, 0.3) is 0 Å². The monoisotopic (exact) mass is 1210 g/mol. The Balaban J connectivity index is 0.927. The van der Waals surface area contributed by atoms with Gasteiger partial charge in [-0.3, -0.25) is 0 Å². The van der Waals surface area contributed by atoms with Crippen LogP contribution in [0.5, 0.6) is 23.0 Å². The molecule has 0 amide bonds. The molecule has 0 spiro atoms. The standard InChI is InChI=1S/C88H90O4/c1-7-11-15-17-19-21-23-25-27-29-31-41-55-89-77-58-63(78(57-61(77)5)90-56-42-32-30-28-26-24-22-20-18-16-12-8-2)51-52-66-65-44-34-33-43-64(65)62(6)73-59-75-76(60-74(66)73)82-72-50-40-39-49-71(72)81(75)85-86(82)88(92-54-14-10-4)84-80-69-47-37-35-45-67(69)79(68-46-36-38-48-70(68)80)83(84)87(85)91-53-13-9-3/h3-4,33-40,43-50,57-60,79-82H,7-8,11-12,15-32,41-42,55-56H2,1-2,5-6H3. The second-order valence-electron chi connectivity index (χ2n) is 26.3. The Kier molecular flexibility index (Phi) is 21.1. The summed E-state index contributed by atoms with van der Waals surface area (Å²) >= 11 is 0. The van der Waals surface area contributed by atoms with E-state index in [4.69, 9.17) is 31.8 Å². The third-order valence-electron chi connectivity index (χ3n) is 20.3. The molecule has 0 saturated carbocycles. The number of terminal acetylenes is 2. The van der Waals surface area contributed by atoms with Crippen LogP contribution in [0.2, 0.25) is 0 Å². The van der Waals surface area contributed by atoms with Gasteiger partial charge in [0, 0.05) is 63.3 Å². The predicted molar refractivity (Wildman–Crippen MR) is 381 cm³/mol. The predicted octanol–water partition coefficient (Wildman–Crippen LogP) is 22.1. The molecule has 92 heavy (non-hydrogen) atoms. The minimum absolute atomic E-state index is 0.171. The van der Waals surface area contributed by atoms with E-state index in [-0.39, 0.29) is 23.7 Å². The number of hydrogen-bond donors (Lipinski definition) is 0. The van der Waals surface area contributed by atoms with Crippen molar-refractivity contribution in [3.63, 3.8) is 0 Å². The van der Waals surface area contributed by atoms with Crippen LogP contribution < -0.4 is 18.9 Å². The lowest BCUT2D eigenvalue weighted by Gasteiger charge is -2.48. The van der Waals surface area contributed by atoms with Gasteiger partial charge in [-0.05, 0) is 140 Å². The molecule has 14 rings (SSSR count). The van der Waals surface area contributed by atoms with Crippen LogP contribution in [-0.4, -0.2) is 13.2 Å². The van der Waals surface area contributed by atoms with E-state index < -0.39 is 0 Å². The summed E-state index contributed by atoms with van der Waals surface area (Å²) < 4.78 is 27.4. The highest BCUT2D eigenvalue weighted by Crippen LogP contribution is 2.68. The second kappa shape index (κ2) is 30.6. The van der Waals surface area contributed by atoms with Gasteiger partial charge in [-0.25, -0.2) is 0 Å². The summed E-state index contributed by atoms with van der Waals surface area (Å²) in [7, 11) is 0. The molecule has 6 aliphatic rings. The molecule has 2 unspecified atom stereocenters. The Morgan fingerprint density at radius 2 is 0.717 bits per heavy atom. The first-order valence-electron chi connectivity index (χ1n) is 35.1. The van der Waals surface area contributed by atoms with Crippen LogP contribution in [0.15, 0.2) is 121 Å². The van der Waals surface area contributed by atoms with Gasteiger partial charge in [-0.1, -0.05) is 264 Å². The minimum atomic E-state index is -0.290. The fraction of sp³-hybridized carbons (Fsp3) is 0.386. The lowest BCUT2D eigenvalue weighted by atomic mass is 9.55. The highest BCUT2D eigenvalue weighted by Gasteiger charge is 2.52. The molecule has 0 fully saturated rings. The molecule has 6 aliphatic carbocycles. The van der Waals surface area contributed by atoms with Gasteiger partial charge >= 0.3 is 0 Å². The summed E-state index contributed by atoms with van der Waals surface area (Å²) in [5, 5.41) is 4.53. The van der Waals surface area contributed by atoms with Crippen molar-refractivity contribution in [2.75, 3.05) is 13.2 Å². The van der Waals surface area contributed by atoms with Crippen LogP contribution in [-0.2, 0) is 0 Å². The van der Waals surface area contributed by atoms with E-state index in [1.807, 2.05) is 0 Å². The van der Waals surface area contributed by atoms with Crippen LogP contribution in [0, 0.1) is 74.4 Å².